The second kappa shape index (κ2) is 4.96. The first-order valence-corrected chi connectivity index (χ1v) is 5.38. The SMILES string of the molecule is CC(C)N(C(=O)c1ccc[c-][n+]1[O-])C(C)C. The average Bonchev–Trinajstić information content (AvgIpc) is 2.16. The van der Waals surface area contributed by atoms with Crippen molar-refractivity contribution in [2.24, 2.45) is 0 Å². The molecule has 4 nitrogen and oxygen atoms in total. The fourth-order valence-electron chi connectivity index (χ4n) is 1.74. The van der Waals surface area contributed by atoms with E-state index in [4.69, 9.17) is 0 Å². The van der Waals surface area contributed by atoms with Crippen LogP contribution in [0.2, 0.25) is 0 Å². The van der Waals surface area contributed by atoms with Gasteiger partial charge in [0.15, 0.2) is 5.69 Å². The summed E-state index contributed by atoms with van der Waals surface area (Å²) in [5.41, 5.74) is 0.116. The standard InChI is InChI=1S/C12H17N2O2/c1-9(2)14(10(3)4)12(15)11-7-5-6-8-13(11)16/h5-7,9-10H,1-4H3/q-1. The Kier molecular flexibility index (Phi) is 3.88. The number of nitrogens with zero attached hydrogens (tertiary/aromatic N) is 2. The van der Waals surface area contributed by atoms with E-state index in [0.717, 1.165) is 0 Å². The second-order valence-electron chi connectivity index (χ2n) is 4.23. The largest absolute Gasteiger partial charge is 0.640 e. The summed E-state index contributed by atoms with van der Waals surface area (Å²) < 4.78 is 0.486. The van der Waals surface area contributed by atoms with Crippen molar-refractivity contribution in [2.75, 3.05) is 0 Å². The summed E-state index contributed by atoms with van der Waals surface area (Å²) in [5, 5.41) is 11.4. The van der Waals surface area contributed by atoms with Gasteiger partial charge in [-0.05, 0) is 27.7 Å². The molecule has 0 fully saturated rings. The van der Waals surface area contributed by atoms with Crippen molar-refractivity contribution in [3.8, 4) is 0 Å². The minimum absolute atomic E-state index is 0.0627. The lowest BCUT2D eigenvalue weighted by Crippen LogP contribution is -2.47. The molecule has 0 radical (unpaired) electrons. The van der Waals surface area contributed by atoms with Crippen LogP contribution in [-0.4, -0.2) is 22.9 Å². The molecule has 0 unspecified atom stereocenters. The lowest BCUT2D eigenvalue weighted by molar-refractivity contribution is -0.612. The van der Waals surface area contributed by atoms with Crippen LogP contribution < -0.4 is 4.73 Å². The molecule has 4 heteroatoms. The van der Waals surface area contributed by atoms with E-state index >= 15 is 0 Å². The molecule has 0 aromatic carbocycles. The summed E-state index contributed by atoms with van der Waals surface area (Å²) in [6.07, 6.45) is 2.43. The average molecular weight is 221 g/mol. The topological polar surface area (TPSA) is 47.2 Å². The molecule has 1 rings (SSSR count). The summed E-state index contributed by atoms with van der Waals surface area (Å²) in [4.78, 5) is 13.8. The van der Waals surface area contributed by atoms with E-state index in [1.165, 1.54) is 12.1 Å². The molecule has 1 aromatic heterocycles. The Bertz CT molecular complexity index is 367. The number of aromatic nitrogens is 1. The Balaban J connectivity index is 3.05. The van der Waals surface area contributed by atoms with Gasteiger partial charge in [-0.25, -0.2) is 0 Å². The van der Waals surface area contributed by atoms with Crippen molar-refractivity contribution in [3.05, 3.63) is 35.3 Å². The maximum absolute atomic E-state index is 12.1. The van der Waals surface area contributed by atoms with Crippen molar-refractivity contribution in [2.45, 2.75) is 39.8 Å². The predicted molar refractivity (Wildman–Crippen MR) is 60.7 cm³/mol. The molecule has 1 amide bonds. The van der Waals surface area contributed by atoms with Crippen LogP contribution in [0.3, 0.4) is 0 Å². The second-order valence-corrected chi connectivity index (χ2v) is 4.23. The molecule has 0 aliphatic heterocycles. The van der Waals surface area contributed by atoms with E-state index in [0.29, 0.717) is 4.73 Å². The first-order chi connectivity index (χ1) is 7.45. The number of carbonyl (C=O) groups is 1. The summed E-state index contributed by atoms with van der Waals surface area (Å²) in [5.74, 6) is -0.253. The Morgan fingerprint density at radius 2 is 1.94 bits per heavy atom. The predicted octanol–water partition coefficient (Wildman–Crippen LogP) is 1.38. The number of hydrogen-bond acceptors (Lipinski definition) is 2. The molecule has 1 heterocycles. The monoisotopic (exact) mass is 221 g/mol. The molecule has 0 spiro atoms. The van der Waals surface area contributed by atoms with Crippen LogP contribution in [0.25, 0.3) is 0 Å². The van der Waals surface area contributed by atoms with Gasteiger partial charge < -0.3 is 10.1 Å². The van der Waals surface area contributed by atoms with Gasteiger partial charge in [-0.2, -0.15) is 6.07 Å². The molecule has 0 aliphatic carbocycles. The fraction of sp³-hybridized carbons (Fsp3) is 0.500. The molecule has 88 valence electrons. The summed E-state index contributed by atoms with van der Waals surface area (Å²) in [6.45, 7) is 7.72. The molecular formula is C12H17N2O2-. The van der Waals surface area contributed by atoms with Gasteiger partial charge in [-0.3, -0.25) is 9.52 Å². The van der Waals surface area contributed by atoms with Crippen LogP contribution in [-0.2, 0) is 0 Å². The van der Waals surface area contributed by atoms with E-state index in [1.807, 2.05) is 27.7 Å². The van der Waals surface area contributed by atoms with Crippen molar-refractivity contribution in [3.63, 3.8) is 0 Å². The zero-order valence-corrected chi connectivity index (χ0v) is 10.1. The van der Waals surface area contributed by atoms with Crippen LogP contribution in [0.15, 0.2) is 18.2 Å². The fourth-order valence-corrected chi connectivity index (χ4v) is 1.74. The maximum Gasteiger partial charge on any atom is 0.262 e. The van der Waals surface area contributed by atoms with Gasteiger partial charge in [0.05, 0.1) is 0 Å². The van der Waals surface area contributed by atoms with E-state index in [-0.39, 0.29) is 23.7 Å². The normalized spacial score (nSPS) is 10.9. The number of pyridine rings is 1. The third-order valence-corrected chi connectivity index (χ3v) is 2.33. The van der Waals surface area contributed by atoms with Gasteiger partial charge in [0.2, 0.25) is 0 Å². The molecule has 0 N–H and O–H groups in total. The summed E-state index contributed by atoms with van der Waals surface area (Å²) in [6, 6.07) is 4.77. The first-order valence-electron chi connectivity index (χ1n) is 5.38. The van der Waals surface area contributed by atoms with Gasteiger partial charge in [0, 0.05) is 12.1 Å². The molecule has 16 heavy (non-hydrogen) atoms. The minimum Gasteiger partial charge on any atom is -0.640 e. The van der Waals surface area contributed by atoms with Crippen LogP contribution in [0, 0.1) is 11.4 Å². The van der Waals surface area contributed by atoms with E-state index in [1.54, 1.807) is 11.0 Å². The highest BCUT2D eigenvalue weighted by molar-refractivity contribution is 5.91. The Labute approximate surface area is 96.1 Å². The van der Waals surface area contributed by atoms with Crippen LogP contribution in [0.5, 0.6) is 0 Å². The van der Waals surface area contributed by atoms with Gasteiger partial charge in [0.25, 0.3) is 5.91 Å². The number of hydrogen-bond donors (Lipinski definition) is 0. The third-order valence-electron chi connectivity index (χ3n) is 2.33. The highest BCUT2D eigenvalue weighted by Gasteiger charge is 2.22. The molecule has 0 atom stereocenters. The molecular weight excluding hydrogens is 204 g/mol. The molecule has 0 saturated carbocycles. The lowest BCUT2D eigenvalue weighted by Gasteiger charge is -2.31. The highest BCUT2D eigenvalue weighted by atomic mass is 16.5. The zero-order chi connectivity index (χ0) is 12.3. The summed E-state index contributed by atoms with van der Waals surface area (Å²) in [7, 11) is 0. The van der Waals surface area contributed by atoms with Crippen molar-refractivity contribution in [1.29, 1.82) is 0 Å². The number of rotatable bonds is 3. The quantitative estimate of drug-likeness (QED) is 0.440. The molecule has 1 aromatic rings. The van der Waals surface area contributed by atoms with Crippen LogP contribution >= 0.6 is 0 Å². The van der Waals surface area contributed by atoms with Crippen molar-refractivity contribution < 1.29 is 9.52 Å². The molecule has 0 saturated heterocycles. The van der Waals surface area contributed by atoms with E-state index in [2.05, 4.69) is 6.20 Å². The van der Waals surface area contributed by atoms with Crippen LogP contribution in [0.4, 0.5) is 0 Å². The lowest BCUT2D eigenvalue weighted by atomic mass is 10.2. The summed E-state index contributed by atoms with van der Waals surface area (Å²) >= 11 is 0. The zero-order valence-electron chi connectivity index (χ0n) is 10.1. The number of carbonyl (C=O) groups excluding carboxylic acids is 1. The highest BCUT2D eigenvalue weighted by Crippen LogP contribution is 2.09. The Morgan fingerprint density at radius 1 is 1.38 bits per heavy atom. The van der Waals surface area contributed by atoms with Crippen LogP contribution in [0.1, 0.15) is 38.2 Å². The molecule has 0 aliphatic rings. The first kappa shape index (κ1) is 12.5. The third kappa shape index (κ3) is 2.51. The Hall–Kier alpha value is -1.58. The van der Waals surface area contributed by atoms with Crippen molar-refractivity contribution in [1.82, 2.24) is 4.90 Å². The maximum atomic E-state index is 12.1. The Morgan fingerprint density at radius 3 is 2.38 bits per heavy atom. The van der Waals surface area contributed by atoms with E-state index < -0.39 is 0 Å². The van der Waals surface area contributed by atoms with E-state index in [9.17, 15) is 10.0 Å². The van der Waals surface area contributed by atoms with Gasteiger partial charge in [0.1, 0.15) is 6.20 Å². The minimum atomic E-state index is -0.253. The van der Waals surface area contributed by atoms with Gasteiger partial charge in [-0.1, -0.05) is 6.07 Å². The smallest absolute Gasteiger partial charge is 0.262 e. The van der Waals surface area contributed by atoms with Gasteiger partial charge >= 0.3 is 0 Å². The van der Waals surface area contributed by atoms with Crippen molar-refractivity contribution >= 4 is 5.91 Å². The van der Waals surface area contributed by atoms with Gasteiger partial charge in [-0.15, -0.1) is 6.07 Å². The number of amides is 1. The molecule has 0 bridgehead atoms.